The summed E-state index contributed by atoms with van der Waals surface area (Å²) in [5.74, 6) is 0.923. The summed E-state index contributed by atoms with van der Waals surface area (Å²) in [6.45, 7) is 6.09. The number of hydrogen-bond donors (Lipinski definition) is 1. The van der Waals surface area contributed by atoms with Crippen LogP contribution in [0, 0.1) is 20.8 Å². The smallest absolute Gasteiger partial charge is 0.234 e. The average molecular weight is 429 g/mol. The van der Waals surface area contributed by atoms with E-state index in [0.717, 1.165) is 28.3 Å². The van der Waals surface area contributed by atoms with E-state index in [1.807, 2.05) is 60.0 Å². The Hall–Kier alpha value is -3.38. The first-order valence-corrected chi connectivity index (χ1v) is 11.1. The van der Waals surface area contributed by atoms with Crippen LogP contribution in [0.3, 0.4) is 0 Å². The largest absolute Gasteiger partial charge is 0.325 e. The maximum atomic E-state index is 12.6. The zero-order valence-corrected chi connectivity index (χ0v) is 18.6. The summed E-state index contributed by atoms with van der Waals surface area (Å²) in [6.07, 6.45) is 0. The van der Waals surface area contributed by atoms with E-state index < -0.39 is 0 Å². The van der Waals surface area contributed by atoms with Gasteiger partial charge < -0.3 is 5.32 Å². The molecule has 6 heteroatoms. The van der Waals surface area contributed by atoms with Gasteiger partial charge in [-0.2, -0.15) is 0 Å². The molecule has 0 fully saturated rings. The molecule has 0 aliphatic carbocycles. The van der Waals surface area contributed by atoms with E-state index >= 15 is 0 Å². The van der Waals surface area contributed by atoms with Crippen molar-refractivity contribution >= 4 is 23.4 Å². The van der Waals surface area contributed by atoms with Crippen LogP contribution in [0.1, 0.15) is 16.7 Å². The van der Waals surface area contributed by atoms with Gasteiger partial charge in [0.25, 0.3) is 0 Å². The fraction of sp³-hybridized carbons (Fsp3) is 0.160. The van der Waals surface area contributed by atoms with Crippen LogP contribution in [0.15, 0.2) is 78.0 Å². The minimum Gasteiger partial charge on any atom is -0.325 e. The number of aromatic nitrogens is 3. The van der Waals surface area contributed by atoms with Crippen molar-refractivity contribution in [2.45, 2.75) is 25.9 Å². The van der Waals surface area contributed by atoms with Crippen LogP contribution >= 0.6 is 11.8 Å². The molecule has 0 aliphatic rings. The molecule has 0 saturated heterocycles. The summed E-state index contributed by atoms with van der Waals surface area (Å²) in [6, 6.07) is 24.2. The van der Waals surface area contributed by atoms with E-state index in [2.05, 4.69) is 53.6 Å². The minimum atomic E-state index is -0.0744. The SMILES string of the molecule is Cc1ccc(-c2nnc(SCC(=O)Nc3ccccc3C)n2-c2ccc(C)cc2)cc1. The van der Waals surface area contributed by atoms with Gasteiger partial charge in [0.15, 0.2) is 11.0 Å². The maximum Gasteiger partial charge on any atom is 0.234 e. The predicted molar refractivity (Wildman–Crippen MR) is 127 cm³/mol. The normalized spacial score (nSPS) is 10.8. The standard InChI is InChI=1S/C25H24N4OS/c1-17-8-12-20(13-9-17)24-27-28-25(29(24)21-14-10-18(2)11-15-21)31-16-23(30)26-22-7-5-4-6-19(22)3/h4-15H,16H2,1-3H3,(H,26,30). The monoisotopic (exact) mass is 428 g/mol. The number of nitrogens with one attached hydrogen (secondary N) is 1. The summed E-state index contributed by atoms with van der Waals surface area (Å²) >= 11 is 1.38. The Morgan fingerprint density at radius 3 is 2.19 bits per heavy atom. The van der Waals surface area contributed by atoms with E-state index in [1.165, 1.54) is 22.9 Å². The van der Waals surface area contributed by atoms with Crippen LogP contribution in [-0.4, -0.2) is 26.4 Å². The highest BCUT2D eigenvalue weighted by molar-refractivity contribution is 7.99. The lowest BCUT2D eigenvalue weighted by molar-refractivity contribution is -0.113. The highest BCUT2D eigenvalue weighted by Crippen LogP contribution is 2.28. The van der Waals surface area contributed by atoms with E-state index in [1.54, 1.807) is 0 Å². The molecule has 3 aromatic carbocycles. The van der Waals surface area contributed by atoms with Crippen LogP contribution in [0.2, 0.25) is 0 Å². The van der Waals surface area contributed by atoms with Crippen molar-refractivity contribution in [3.63, 3.8) is 0 Å². The molecule has 0 aliphatic heterocycles. The van der Waals surface area contributed by atoms with Gasteiger partial charge in [0.2, 0.25) is 5.91 Å². The van der Waals surface area contributed by atoms with E-state index in [0.29, 0.717) is 5.16 Å². The van der Waals surface area contributed by atoms with Crippen LogP contribution in [0.4, 0.5) is 5.69 Å². The molecule has 1 N–H and O–H groups in total. The van der Waals surface area contributed by atoms with Gasteiger partial charge in [-0.05, 0) is 44.5 Å². The summed E-state index contributed by atoms with van der Waals surface area (Å²) in [4.78, 5) is 12.6. The van der Waals surface area contributed by atoms with Crippen molar-refractivity contribution in [3.8, 4) is 17.1 Å². The van der Waals surface area contributed by atoms with Gasteiger partial charge in [-0.15, -0.1) is 10.2 Å². The van der Waals surface area contributed by atoms with Gasteiger partial charge in [0.05, 0.1) is 5.75 Å². The third-order valence-corrected chi connectivity index (χ3v) is 5.92. The second kappa shape index (κ2) is 9.18. The van der Waals surface area contributed by atoms with E-state index in [9.17, 15) is 4.79 Å². The summed E-state index contributed by atoms with van der Waals surface area (Å²) in [5, 5.41) is 12.5. The molecule has 5 nitrogen and oxygen atoms in total. The first-order chi connectivity index (χ1) is 15.0. The fourth-order valence-corrected chi connectivity index (χ4v) is 3.96. The lowest BCUT2D eigenvalue weighted by Crippen LogP contribution is -2.15. The number of rotatable bonds is 6. The van der Waals surface area contributed by atoms with Crippen molar-refractivity contribution in [1.82, 2.24) is 14.8 Å². The number of carbonyl (C=O) groups excluding carboxylic acids is 1. The van der Waals surface area contributed by atoms with Crippen molar-refractivity contribution < 1.29 is 4.79 Å². The Bertz CT molecular complexity index is 1200. The molecule has 1 amide bonds. The first-order valence-electron chi connectivity index (χ1n) is 10.1. The molecule has 1 aromatic heterocycles. The fourth-order valence-electron chi connectivity index (χ4n) is 3.21. The molecule has 0 spiro atoms. The number of aryl methyl sites for hydroxylation is 3. The number of hydrogen-bond acceptors (Lipinski definition) is 4. The average Bonchev–Trinajstić information content (AvgIpc) is 3.19. The lowest BCUT2D eigenvalue weighted by atomic mass is 10.1. The molecule has 156 valence electrons. The number of para-hydroxylation sites is 1. The zero-order valence-electron chi connectivity index (χ0n) is 17.8. The molecule has 0 atom stereocenters. The summed E-state index contributed by atoms with van der Waals surface area (Å²) < 4.78 is 2.01. The molecule has 0 saturated carbocycles. The molecular formula is C25H24N4OS. The second-order valence-corrected chi connectivity index (χ2v) is 8.44. The molecule has 0 bridgehead atoms. The molecule has 0 unspecified atom stereocenters. The Morgan fingerprint density at radius 1 is 0.871 bits per heavy atom. The molecule has 4 rings (SSSR count). The second-order valence-electron chi connectivity index (χ2n) is 7.49. The topological polar surface area (TPSA) is 59.8 Å². The third-order valence-electron chi connectivity index (χ3n) is 4.99. The van der Waals surface area contributed by atoms with E-state index in [4.69, 9.17) is 0 Å². The molecule has 4 aromatic rings. The van der Waals surface area contributed by atoms with Crippen LogP contribution in [-0.2, 0) is 4.79 Å². The Kier molecular flexibility index (Phi) is 6.18. The number of benzene rings is 3. The van der Waals surface area contributed by atoms with Crippen LogP contribution < -0.4 is 5.32 Å². The van der Waals surface area contributed by atoms with Gasteiger partial charge >= 0.3 is 0 Å². The quantitative estimate of drug-likeness (QED) is 0.407. The lowest BCUT2D eigenvalue weighted by Gasteiger charge is -2.11. The predicted octanol–water partition coefficient (Wildman–Crippen LogP) is 5.59. The minimum absolute atomic E-state index is 0.0744. The van der Waals surface area contributed by atoms with Crippen molar-refractivity contribution in [2.24, 2.45) is 0 Å². The number of amides is 1. The summed E-state index contributed by atoms with van der Waals surface area (Å²) in [7, 11) is 0. The zero-order chi connectivity index (χ0) is 21.8. The Balaban J connectivity index is 1.61. The molecule has 1 heterocycles. The maximum absolute atomic E-state index is 12.6. The summed E-state index contributed by atoms with van der Waals surface area (Å²) in [5.41, 5.74) is 6.18. The molecule has 0 radical (unpaired) electrons. The number of carbonyl (C=O) groups is 1. The van der Waals surface area contributed by atoms with Gasteiger partial charge in [0.1, 0.15) is 0 Å². The van der Waals surface area contributed by atoms with Gasteiger partial charge in [-0.25, -0.2) is 0 Å². The van der Waals surface area contributed by atoms with E-state index in [-0.39, 0.29) is 11.7 Å². The highest BCUT2D eigenvalue weighted by atomic mass is 32.2. The van der Waals surface area contributed by atoms with Gasteiger partial charge in [0, 0.05) is 16.9 Å². The Morgan fingerprint density at radius 2 is 1.52 bits per heavy atom. The van der Waals surface area contributed by atoms with Crippen molar-refractivity contribution in [2.75, 3.05) is 11.1 Å². The number of anilines is 1. The number of nitrogens with zero attached hydrogens (tertiary/aromatic N) is 3. The van der Waals surface area contributed by atoms with Crippen LogP contribution in [0.5, 0.6) is 0 Å². The number of thioether (sulfide) groups is 1. The third kappa shape index (κ3) is 4.86. The highest BCUT2D eigenvalue weighted by Gasteiger charge is 2.17. The van der Waals surface area contributed by atoms with Gasteiger partial charge in [-0.1, -0.05) is 77.5 Å². The van der Waals surface area contributed by atoms with Crippen molar-refractivity contribution in [3.05, 3.63) is 89.5 Å². The van der Waals surface area contributed by atoms with Gasteiger partial charge in [-0.3, -0.25) is 9.36 Å². The van der Waals surface area contributed by atoms with Crippen LogP contribution in [0.25, 0.3) is 17.1 Å². The molecular weight excluding hydrogens is 404 g/mol. The first kappa shape index (κ1) is 20.9. The Labute approximate surface area is 186 Å². The van der Waals surface area contributed by atoms with Crippen molar-refractivity contribution in [1.29, 1.82) is 0 Å². The molecule has 31 heavy (non-hydrogen) atoms.